The number of benzene rings is 1. The highest BCUT2D eigenvalue weighted by molar-refractivity contribution is 6.06. The van der Waals surface area contributed by atoms with E-state index in [1.54, 1.807) is 6.07 Å². The Morgan fingerprint density at radius 2 is 1.85 bits per heavy atom. The molecule has 1 aromatic carbocycles. The van der Waals surface area contributed by atoms with Crippen LogP contribution in [-0.2, 0) is 0 Å². The zero-order valence-corrected chi connectivity index (χ0v) is 15.1. The molecule has 2 aliphatic carbocycles. The van der Waals surface area contributed by atoms with Crippen LogP contribution in [0.1, 0.15) is 73.3 Å². The SMILES string of the molecule is O=C(c1cc(C2CC2)nc2ccc(F)cc12)N1CCC[C@H]2CCCC[C@H]21. The van der Waals surface area contributed by atoms with Crippen LogP contribution in [0.2, 0.25) is 0 Å². The lowest BCUT2D eigenvalue weighted by Gasteiger charge is -2.44. The predicted molar refractivity (Wildman–Crippen MR) is 99.7 cm³/mol. The summed E-state index contributed by atoms with van der Waals surface area (Å²) in [5, 5.41) is 0.664. The third kappa shape index (κ3) is 2.80. The van der Waals surface area contributed by atoms with Crippen LogP contribution in [0.3, 0.4) is 0 Å². The zero-order chi connectivity index (χ0) is 17.7. The van der Waals surface area contributed by atoms with Crippen molar-refractivity contribution in [2.45, 2.75) is 63.3 Å². The van der Waals surface area contributed by atoms with Crippen molar-refractivity contribution in [2.24, 2.45) is 5.92 Å². The average Bonchev–Trinajstić information content (AvgIpc) is 3.51. The number of amides is 1. The van der Waals surface area contributed by atoms with E-state index in [2.05, 4.69) is 4.90 Å². The average molecular weight is 352 g/mol. The number of nitrogens with zero attached hydrogens (tertiary/aromatic N) is 2. The van der Waals surface area contributed by atoms with Gasteiger partial charge in [0.2, 0.25) is 0 Å². The summed E-state index contributed by atoms with van der Waals surface area (Å²) in [4.78, 5) is 20.4. The molecule has 0 radical (unpaired) electrons. The van der Waals surface area contributed by atoms with Crippen LogP contribution in [0.5, 0.6) is 0 Å². The van der Waals surface area contributed by atoms with Gasteiger partial charge in [-0.1, -0.05) is 12.8 Å². The van der Waals surface area contributed by atoms with Crippen molar-refractivity contribution in [3.8, 4) is 0 Å². The fourth-order valence-corrected chi connectivity index (χ4v) is 5.02. The van der Waals surface area contributed by atoms with Gasteiger partial charge in [0.15, 0.2) is 0 Å². The van der Waals surface area contributed by atoms with Crippen LogP contribution in [0.15, 0.2) is 24.3 Å². The van der Waals surface area contributed by atoms with Crippen molar-refractivity contribution in [3.05, 3.63) is 41.3 Å². The van der Waals surface area contributed by atoms with Crippen molar-refractivity contribution in [1.29, 1.82) is 0 Å². The van der Waals surface area contributed by atoms with Crippen LogP contribution in [0, 0.1) is 11.7 Å². The molecule has 4 heteroatoms. The van der Waals surface area contributed by atoms with Gasteiger partial charge < -0.3 is 4.90 Å². The molecule has 2 saturated carbocycles. The van der Waals surface area contributed by atoms with Gasteiger partial charge in [-0.25, -0.2) is 4.39 Å². The van der Waals surface area contributed by atoms with Crippen LogP contribution in [0.25, 0.3) is 10.9 Å². The third-order valence-corrected chi connectivity index (χ3v) is 6.52. The summed E-state index contributed by atoms with van der Waals surface area (Å²) >= 11 is 0. The predicted octanol–water partition coefficient (Wildman–Crippen LogP) is 5.05. The molecule has 2 atom stereocenters. The lowest BCUT2D eigenvalue weighted by Crippen LogP contribution is -2.49. The molecule has 0 spiro atoms. The van der Waals surface area contributed by atoms with E-state index in [0.717, 1.165) is 43.4 Å². The number of hydrogen-bond donors (Lipinski definition) is 0. The first-order chi connectivity index (χ1) is 12.7. The Kier molecular flexibility index (Phi) is 3.95. The Bertz CT molecular complexity index is 859. The first-order valence-corrected chi connectivity index (χ1v) is 10.1. The van der Waals surface area contributed by atoms with E-state index >= 15 is 0 Å². The van der Waals surface area contributed by atoms with Crippen LogP contribution in [0.4, 0.5) is 4.39 Å². The molecule has 0 bridgehead atoms. The lowest BCUT2D eigenvalue weighted by molar-refractivity contribution is 0.0392. The molecular formula is C22H25FN2O. The maximum absolute atomic E-state index is 13.9. The maximum Gasteiger partial charge on any atom is 0.254 e. The molecule has 1 aromatic heterocycles. The van der Waals surface area contributed by atoms with E-state index in [9.17, 15) is 9.18 Å². The number of likely N-dealkylation sites (tertiary alicyclic amines) is 1. The lowest BCUT2D eigenvalue weighted by atomic mass is 9.78. The molecule has 136 valence electrons. The Hall–Kier alpha value is -1.97. The molecule has 26 heavy (non-hydrogen) atoms. The second-order valence-electron chi connectivity index (χ2n) is 8.28. The van der Waals surface area contributed by atoms with E-state index in [0.29, 0.717) is 28.8 Å². The number of halogens is 1. The van der Waals surface area contributed by atoms with E-state index in [-0.39, 0.29) is 11.7 Å². The number of aromatic nitrogens is 1. The van der Waals surface area contributed by atoms with Crippen LogP contribution in [-0.4, -0.2) is 28.4 Å². The fourth-order valence-electron chi connectivity index (χ4n) is 5.02. The molecule has 2 aromatic rings. The van der Waals surface area contributed by atoms with Crippen molar-refractivity contribution in [2.75, 3.05) is 6.54 Å². The molecule has 3 fully saturated rings. The van der Waals surface area contributed by atoms with Crippen molar-refractivity contribution < 1.29 is 9.18 Å². The van der Waals surface area contributed by atoms with Crippen molar-refractivity contribution in [1.82, 2.24) is 9.88 Å². The fraction of sp³-hybridized carbons (Fsp3) is 0.545. The van der Waals surface area contributed by atoms with E-state index in [1.807, 2.05) is 6.07 Å². The van der Waals surface area contributed by atoms with Gasteiger partial charge in [0, 0.05) is 29.6 Å². The largest absolute Gasteiger partial charge is 0.335 e. The number of piperidine rings is 1. The molecule has 1 aliphatic heterocycles. The van der Waals surface area contributed by atoms with Gasteiger partial charge in [-0.3, -0.25) is 9.78 Å². The summed E-state index contributed by atoms with van der Waals surface area (Å²) < 4.78 is 13.9. The van der Waals surface area contributed by atoms with Crippen molar-refractivity contribution >= 4 is 16.8 Å². The molecule has 3 nitrogen and oxygen atoms in total. The highest BCUT2D eigenvalue weighted by Gasteiger charge is 2.37. The number of fused-ring (bicyclic) bond motifs is 2. The Balaban J connectivity index is 1.58. The number of carbonyl (C=O) groups excluding carboxylic acids is 1. The van der Waals surface area contributed by atoms with Gasteiger partial charge in [-0.2, -0.15) is 0 Å². The summed E-state index contributed by atoms with van der Waals surface area (Å²) in [6.07, 6.45) is 9.47. The Morgan fingerprint density at radius 3 is 2.69 bits per heavy atom. The molecule has 1 saturated heterocycles. The highest BCUT2D eigenvalue weighted by atomic mass is 19.1. The summed E-state index contributed by atoms with van der Waals surface area (Å²) in [5.74, 6) is 0.900. The maximum atomic E-state index is 13.9. The van der Waals surface area contributed by atoms with Crippen LogP contribution < -0.4 is 0 Å². The number of carbonyl (C=O) groups is 1. The van der Waals surface area contributed by atoms with E-state index < -0.39 is 0 Å². The van der Waals surface area contributed by atoms with E-state index in [1.165, 1.54) is 37.8 Å². The molecule has 0 unspecified atom stereocenters. The second kappa shape index (κ2) is 6.33. The molecular weight excluding hydrogens is 327 g/mol. The molecule has 2 heterocycles. The molecule has 3 aliphatic rings. The second-order valence-corrected chi connectivity index (χ2v) is 8.28. The highest BCUT2D eigenvalue weighted by Crippen LogP contribution is 2.41. The monoisotopic (exact) mass is 352 g/mol. The quantitative estimate of drug-likeness (QED) is 0.758. The first kappa shape index (κ1) is 16.2. The minimum absolute atomic E-state index is 0.0847. The Morgan fingerprint density at radius 1 is 1.04 bits per heavy atom. The summed E-state index contributed by atoms with van der Waals surface area (Å²) in [6.45, 7) is 0.831. The number of hydrogen-bond acceptors (Lipinski definition) is 2. The van der Waals surface area contributed by atoms with Gasteiger partial charge >= 0.3 is 0 Å². The minimum atomic E-state index is -0.304. The Labute approximate surface area is 153 Å². The summed E-state index contributed by atoms with van der Waals surface area (Å²) in [7, 11) is 0. The normalized spacial score (nSPS) is 26.0. The summed E-state index contributed by atoms with van der Waals surface area (Å²) in [5.41, 5.74) is 2.41. The standard InChI is InChI=1S/C22H25FN2O/c23-16-9-10-19-17(12-16)18(13-20(24-19)14-7-8-14)22(26)25-11-3-5-15-4-1-2-6-21(15)25/h9-10,12-15,21H,1-8,11H2/t15-,21-/m1/s1. The molecule has 0 N–H and O–H groups in total. The topological polar surface area (TPSA) is 33.2 Å². The number of pyridine rings is 1. The first-order valence-electron chi connectivity index (χ1n) is 10.1. The van der Waals surface area contributed by atoms with Crippen LogP contribution >= 0.6 is 0 Å². The number of rotatable bonds is 2. The molecule has 5 rings (SSSR count). The van der Waals surface area contributed by atoms with Gasteiger partial charge in [0.25, 0.3) is 5.91 Å². The van der Waals surface area contributed by atoms with E-state index in [4.69, 9.17) is 4.98 Å². The van der Waals surface area contributed by atoms with Gasteiger partial charge in [0.05, 0.1) is 11.1 Å². The van der Waals surface area contributed by atoms with Gasteiger partial charge in [0.1, 0.15) is 5.82 Å². The van der Waals surface area contributed by atoms with Gasteiger partial charge in [-0.05, 0) is 68.7 Å². The minimum Gasteiger partial charge on any atom is -0.335 e. The third-order valence-electron chi connectivity index (χ3n) is 6.52. The smallest absolute Gasteiger partial charge is 0.254 e. The van der Waals surface area contributed by atoms with Gasteiger partial charge in [-0.15, -0.1) is 0 Å². The molecule has 1 amide bonds. The zero-order valence-electron chi connectivity index (χ0n) is 15.1. The summed E-state index contributed by atoms with van der Waals surface area (Å²) in [6, 6.07) is 6.96. The van der Waals surface area contributed by atoms with Crippen molar-refractivity contribution in [3.63, 3.8) is 0 Å².